The molecule has 0 radical (unpaired) electrons. The van der Waals surface area contributed by atoms with Crippen LogP contribution in [-0.4, -0.2) is 31.2 Å². The number of hydrogen-bond acceptors (Lipinski definition) is 5. The van der Waals surface area contributed by atoms with Crippen LogP contribution in [0, 0.1) is 11.6 Å². The quantitative estimate of drug-likeness (QED) is 0.576. The second-order valence-corrected chi connectivity index (χ2v) is 6.69. The van der Waals surface area contributed by atoms with Gasteiger partial charge in [0.2, 0.25) is 0 Å². The summed E-state index contributed by atoms with van der Waals surface area (Å²) in [5, 5.41) is 5.12. The number of ether oxygens (including phenoxy) is 2. The first-order valence-corrected chi connectivity index (χ1v) is 9.34. The molecule has 1 aromatic heterocycles. The Kier molecular flexibility index (Phi) is 6.67. The summed E-state index contributed by atoms with van der Waals surface area (Å²) in [4.78, 5) is 16.3. The summed E-state index contributed by atoms with van der Waals surface area (Å²) >= 11 is 1.36. The number of hydrogen-bond donors (Lipinski definition) is 1. The lowest BCUT2D eigenvalue weighted by Gasteiger charge is -2.07. The molecule has 0 unspecified atom stereocenters. The van der Waals surface area contributed by atoms with Gasteiger partial charge in [-0.05, 0) is 36.4 Å². The average Bonchev–Trinajstić information content (AvgIpc) is 3.18. The minimum Gasteiger partial charge on any atom is -0.489 e. The van der Waals surface area contributed by atoms with Crippen LogP contribution >= 0.6 is 11.3 Å². The number of rotatable bonds is 8. The molecule has 0 fully saturated rings. The molecule has 0 saturated carbocycles. The van der Waals surface area contributed by atoms with Crippen LogP contribution in [0.25, 0.3) is 10.6 Å². The third-order valence-electron chi connectivity index (χ3n) is 3.84. The molecule has 0 aliphatic heterocycles. The van der Waals surface area contributed by atoms with Crippen LogP contribution in [0.4, 0.5) is 8.78 Å². The van der Waals surface area contributed by atoms with Gasteiger partial charge in [-0.15, -0.1) is 11.3 Å². The molecule has 2 aromatic carbocycles. The van der Waals surface area contributed by atoms with Crippen molar-refractivity contribution in [3.8, 4) is 16.3 Å². The first-order valence-electron chi connectivity index (χ1n) is 8.46. The van der Waals surface area contributed by atoms with Crippen molar-refractivity contribution in [2.45, 2.75) is 6.61 Å². The Morgan fingerprint density at radius 2 is 1.96 bits per heavy atom. The second-order valence-electron chi connectivity index (χ2n) is 5.84. The van der Waals surface area contributed by atoms with Gasteiger partial charge in [-0.25, -0.2) is 13.8 Å². The Labute approximate surface area is 164 Å². The van der Waals surface area contributed by atoms with Gasteiger partial charge < -0.3 is 14.8 Å². The molecule has 8 heteroatoms. The maximum Gasteiger partial charge on any atom is 0.270 e. The molecular formula is C20H18F2N2O3S. The van der Waals surface area contributed by atoms with E-state index in [0.717, 1.165) is 11.6 Å². The fourth-order valence-corrected chi connectivity index (χ4v) is 3.17. The van der Waals surface area contributed by atoms with E-state index in [1.165, 1.54) is 23.5 Å². The zero-order chi connectivity index (χ0) is 19.9. The molecule has 1 heterocycles. The van der Waals surface area contributed by atoms with Gasteiger partial charge in [-0.3, -0.25) is 4.79 Å². The van der Waals surface area contributed by atoms with Crippen molar-refractivity contribution in [3.05, 3.63) is 70.7 Å². The van der Waals surface area contributed by atoms with Gasteiger partial charge in [0.1, 0.15) is 34.7 Å². The number of nitrogens with one attached hydrogen (secondary N) is 1. The number of aromatic nitrogens is 1. The summed E-state index contributed by atoms with van der Waals surface area (Å²) in [6.45, 7) is 0.851. The van der Waals surface area contributed by atoms with Crippen LogP contribution in [0.1, 0.15) is 16.1 Å². The first kappa shape index (κ1) is 19.9. The number of halogens is 2. The van der Waals surface area contributed by atoms with E-state index in [0.29, 0.717) is 29.6 Å². The smallest absolute Gasteiger partial charge is 0.270 e. The molecule has 0 spiro atoms. The number of thiazole rings is 1. The highest BCUT2D eigenvalue weighted by Gasteiger charge is 2.12. The molecule has 28 heavy (non-hydrogen) atoms. The predicted octanol–water partition coefficient (Wildman–Crippen LogP) is 4.04. The van der Waals surface area contributed by atoms with Gasteiger partial charge in [0.15, 0.2) is 0 Å². The number of methoxy groups -OCH3 is 1. The minimum atomic E-state index is -0.643. The van der Waals surface area contributed by atoms with Crippen molar-refractivity contribution in [1.82, 2.24) is 10.3 Å². The van der Waals surface area contributed by atoms with Crippen molar-refractivity contribution in [2.75, 3.05) is 20.3 Å². The molecule has 3 aromatic rings. The Balaban J connectivity index is 1.60. The third-order valence-corrected chi connectivity index (χ3v) is 4.73. The van der Waals surface area contributed by atoms with Crippen molar-refractivity contribution in [1.29, 1.82) is 0 Å². The average molecular weight is 404 g/mol. The molecule has 146 valence electrons. The van der Waals surface area contributed by atoms with E-state index in [1.807, 2.05) is 12.1 Å². The van der Waals surface area contributed by atoms with Crippen LogP contribution in [-0.2, 0) is 11.3 Å². The summed E-state index contributed by atoms with van der Waals surface area (Å²) in [5.74, 6) is -0.973. The Hall–Kier alpha value is -2.84. The number of benzene rings is 2. The van der Waals surface area contributed by atoms with Crippen LogP contribution < -0.4 is 10.1 Å². The lowest BCUT2D eigenvalue weighted by Crippen LogP contribution is -2.27. The maximum atomic E-state index is 13.6. The minimum absolute atomic E-state index is 0.00545. The zero-order valence-electron chi connectivity index (χ0n) is 15.1. The molecule has 0 atom stereocenters. The van der Waals surface area contributed by atoms with E-state index in [-0.39, 0.29) is 18.1 Å². The van der Waals surface area contributed by atoms with Crippen molar-refractivity contribution in [3.63, 3.8) is 0 Å². The summed E-state index contributed by atoms with van der Waals surface area (Å²) < 4.78 is 37.0. The molecular weight excluding hydrogens is 386 g/mol. The van der Waals surface area contributed by atoms with Gasteiger partial charge in [-0.1, -0.05) is 0 Å². The molecule has 3 rings (SSSR count). The Morgan fingerprint density at radius 3 is 2.68 bits per heavy atom. The highest BCUT2D eigenvalue weighted by atomic mass is 32.1. The summed E-state index contributed by atoms with van der Waals surface area (Å²) in [7, 11) is 1.57. The van der Waals surface area contributed by atoms with Crippen molar-refractivity contribution in [2.24, 2.45) is 0 Å². The molecule has 0 aliphatic rings. The monoisotopic (exact) mass is 404 g/mol. The molecule has 0 aliphatic carbocycles. The number of carbonyl (C=O) groups is 1. The van der Waals surface area contributed by atoms with E-state index >= 15 is 0 Å². The van der Waals surface area contributed by atoms with Crippen LogP contribution in [0.5, 0.6) is 5.75 Å². The van der Waals surface area contributed by atoms with E-state index in [9.17, 15) is 13.6 Å². The van der Waals surface area contributed by atoms with Gasteiger partial charge in [0, 0.05) is 36.2 Å². The molecule has 0 saturated heterocycles. The van der Waals surface area contributed by atoms with E-state index < -0.39 is 11.6 Å². The molecule has 1 amide bonds. The fourth-order valence-electron chi connectivity index (χ4n) is 2.36. The molecule has 1 N–H and O–H groups in total. The van der Waals surface area contributed by atoms with Gasteiger partial charge in [0.05, 0.1) is 6.61 Å². The van der Waals surface area contributed by atoms with Crippen molar-refractivity contribution >= 4 is 17.2 Å². The first-order chi connectivity index (χ1) is 13.6. The van der Waals surface area contributed by atoms with Crippen LogP contribution in [0.2, 0.25) is 0 Å². The SMILES string of the molecule is COCCNC(=O)c1csc(-c2ccc(OCc3ccc(F)cc3F)cc2)n1. The summed E-state index contributed by atoms with van der Waals surface area (Å²) in [6, 6.07) is 10.5. The second kappa shape index (κ2) is 9.38. The maximum absolute atomic E-state index is 13.6. The topological polar surface area (TPSA) is 60.5 Å². The predicted molar refractivity (Wildman–Crippen MR) is 102 cm³/mol. The van der Waals surface area contributed by atoms with E-state index in [1.54, 1.807) is 24.6 Å². The standard InChI is InChI=1S/C20H18F2N2O3S/c1-26-9-8-23-19(25)18-12-28-20(24-18)13-3-6-16(7-4-13)27-11-14-2-5-15(21)10-17(14)22/h2-7,10,12H,8-9,11H2,1H3,(H,23,25). The van der Waals surface area contributed by atoms with Gasteiger partial charge >= 0.3 is 0 Å². The van der Waals surface area contributed by atoms with Crippen molar-refractivity contribution < 1.29 is 23.0 Å². The molecule has 0 bridgehead atoms. The summed E-state index contributed by atoms with van der Waals surface area (Å²) in [5.41, 5.74) is 1.46. The largest absolute Gasteiger partial charge is 0.489 e. The van der Waals surface area contributed by atoms with Crippen LogP contribution in [0.3, 0.4) is 0 Å². The fraction of sp³-hybridized carbons (Fsp3) is 0.200. The lowest BCUT2D eigenvalue weighted by atomic mass is 10.2. The van der Waals surface area contributed by atoms with Crippen LogP contribution in [0.15, 0.2) is 47.8 Å². The number of carbonyl (C=O) groups excluding carboxylic acids is 1. The van der Waals surface area contributed by atoms with Gasteiger partial charge in [0.25, 0.3) is 5.91 Å². The number of nitrogens with zero attached hydrogens (tertiary/aromatic N) is 1. The van der Waals surface area contributed by atoms with E-state index in [4.69, 9.17) is 9.47 Å². The summed E-state index contributed by atoms with van der Waals surface area (Å²) in [6.07, 6.45) is 0. The zero-order valence-corrected chi connectivity index (χ0v) is 15.9. The van der Waals surface area contributed by atoms with E-state index in [2.05, 4.69) is 10.3 Å². The normalized spacial score (nSPS) is 10.7. The molecule has 5 nitrogen and oxygen atoms in total. The van der Waals surface area contributed by atoms with Gasteiger partial charge in [-0.2, -0.15) is 0 Å². The highest BCUT2D eigenvalue weighted by Crippen LogP contribution is 2.26. The highest BCUT2D eigenvalue weighted by molar-refractivity contribution is 7.13. The number of amides is 1. The Morgan fingerprint density at radius 1 is 1.18 bits per heavy atom. The lowest BCUT2D eigenvalue weighted by molar-refractivity contribution is 0.0933. The third kappa shape index (κ3) is 5.11. The Bertz CT molecular complexity index is 945.